The van der Waals surface area contributed by atoms with Crippen LogP contribution in [0.25, 0.3) is 0 Å². The Morgan fingerprint density at radius 2 is 2.05 bits per heavy atom. The molecule has 7 nitrogen and oxygen atoms in total. The highest BCUT2D eigenvalue weighted by Gasteiger charge is 2.32. The van der Waals surface area contributed by atoms with Gasteiger partial charge in [0.2, 0.25) is 0 Å². The van der Waals surface area contributed by atoms with Crippen molar-refractivity contribution in [3.05, 3.63) is 0 Å². The summed E-state index contributed by atoms with van der Waals surface area (Å²) in [5.74, 6) is -0.474. The maximum absolute atomic E-state index is 11.9. The molecule has 1 rings (SSSR count). The zero-order valence-corrected chi connectivity index (χ0v) is 12.1. The van der Waals surface area contributed by atoms with E-state index in [1.165, 1.54) is 4.31 Å². The van der Waals surface area contributed by atoms with Gasteiger partial charge in [0, 0.05) is 19.1 Å². The number of aliphatic hydroxyl groups is 1. The largest absolute Gasteiger partial charge is 0.466 e. The minimum Gasteiger partial charge on any atom is -0.466 e. The number of carbonyl (C=O) groups excluding carboxylic acids is 1. The first-order chi connectivity index (χ1) is 8.90. The van der Waals surface area contributed by atoms with Gasteiger partial charge >= 0.3 is 5.97 Å². The number of hydrogen-bond acceptors (Lipinski definition) is 5. The van der Waals surface area contributed by atoms with Gasteiger partial charge < -0.3 is 9.84 Å². The minimum absolute atomic E-state index is 0.221. The van der Waals surface area contributed by atoms with Crippen LogP contribution in [0.2, 0.25) is 0 Å². The van der Waals surface area contributed by atoms with Crippen molar-refractivity contribution in [2.45, 2.75) is 32.7 Å². The molecule has 0 aromatic rings. The third-order valence-corrected chi connectivity index (χ3v) is 4.78. The van der Waals surface area contributed by atoms with E-state index in [0.29, 0.717) is 19.4 Å². The zero-order chi connectivity index (χ0) is 14.5. The first kappa shape index (κ1) is 16.4. The van der Waals surface area contributed by atoms with Gasteiger partial charge in [-0.25, -0.2) is 0 Å². The van der Waals surface area contributed by atoms with E-state index >= 15 is 0 Å². The second kappa shape index (κ2) is 7.18. The average molecular weight is 294 g/mol. The lowest BCUT2D eigenvalue weighted by atomic mass is 9.98. The van der Waals surface area contributed by atoms with Crippen molar-refractivity contribution in [1.29, 1.82) is 0 Å². The van der Waals surface area contributed by atoms with Gasteiger partial charge in [-0.1, -0.05) is 0 Å². The number of ether oxygens (including phenoxy) is 1. The molecule has 0 radical (unpaired) electrons. The van der Waals surface area contributed by atoms with E-state index in [9.17, 15) is 13.2 Å². The lowest BCUT2D eigenvalue weighted by Crippen LogP contribution is -2.49. The molecule has 0 saturated carbocycles. The van der Waals surface area contributed by atoms with E-state index in [2.05, 4.69) is 4.72 Å². The molecule has 1 aliphatic rings. The summed E-state index contributed by atoms with van der Waals surface area (Å²) in [6.45, 7) is 4.00. The molecule has 1 aliphatic heterocycles. The molecule has 1 heterocycles. The van der Waals surface area contributed by atoms with E-state index in [-0.39, 0.29) is 31.6 Å². The highest BCUT2D eigenvalue weighted by molar-refractivity contribution is 7.87. The zero-order valence-electron chi connectivity index (χ0n) is 11.3. The van der Waals surface area contributed by atoms with Gasteiger partial charge in [0.15, 0.2) is 0 Å². The lowest BCUT2D eigenvalue weighted by Gasteiger charge is -2.30. The van der Waals surface area contributed by atoms with Gasteiger partial charge in [-0.15, -0.1) is 0 Å². The van der Waals surface area contributed by atoms with Gasteiger partial charge in [-0.3, -0.25) is 4.79 Å². The highest BCUT2D eigenvalue weighted by atomic mass is 32.2. The van der Waals surface area contributed by atoms with E-state index < -0.39 is 16.3 Å². The quantitative estimate of drug-likeness (QED) is 0.642. The summed E-state index contributed by atoms with van der Waals surface area (Å²) in [4.78, 5) is 11.5. The van der Waals surface area contributed by atoms with Crippen LogP contribution in [0.1, 0.15) is 26.7 Å². The molecule has 0 unspecified atom stereocenters. The van der Waals surface area contributed by atoms with Crippen molar-refractivity contribution >= 4 is 16.2 Å². The van der Waals surface area contributed by atoms with Crippen molar-refractivity contribution in [2.75, 3.05) is 26.3 Å². The Morgan fingerprint density at radius 1 is 1.47 bits per heavy atom. The summed E-state index contributed by atoms with van der Waals surface area (Å²) in [5.41, 5.74) is 0. The summed E-state index contributed by atoms with van der Waals surface area (Å²) in [6.07, 6.45) is 0.931. The summed E-state index contributed by atoms with van der Waals surface area (Å²) < 4.78 is 32.5. The van der Waals surface area contributed by atoms with Crippen LogP contribution in [-0.4, -0.2) is 56.1 Å². The molecule has 0 bridgehead atoms. The van der Waals surface area contributed by atoms with Crippen LogP contribution in [-0.2, 0) is 19.7 Å². The van der Waals surface area contributed by atoms with Crippen LogP contribution in [0.15, 0.2) is 0 Å². The molecule has 1 fully saturated rings. The first-order valence-corrected chi connectivity index (χ1v) is 7.89. The summed E-state index contributed by atoms with van der Waals surface area (Å²) >= 11 is 0. The Hall–Kier alpha value is -0.700. The van der Waals surface area contributed by atoms with Crippen molar-refractivity contribution in [3.8, 4) is 0 Å². The number of carbonyl (C=O) groups is 1. The van der Waals surface area contributed by atoms with Crippen molar-refractivity contribution in [2.24, 2.45) is 5.92 Å². The standard InChI is InChI=1S/C11H22N2O5S/c1-3-18-11(15)10-4-6-13(7-5-10)19(16,17)12-9(2)8-14/h9-10,12,14H,3-8H2,1-2H3/t9-/m1/s1. The highest BCUT2D eigenvalue weighted by Crippen LogP contribution is 2.20. The van der Waals surface area contributed by atoms with Crippen molar-refractivity contribution in [3.63, 3.8) is 0 Å². The topological polar surface area (TPSA) is 95.9 Å². The molecule has 0 aromatic heterocycles. The molecule has 0 amide bonds. The fourth-order valence-electron chi connectivity index (χ4n) is 1.96. The van der Waals surface area contributed by atoms with Crippen LogP contribution in [0.5, 0.6) is 0 Å². The number of aliphatic hydroxyl groups excluding tert-OH is 1. The van der Waals surface area contributed by atoms with Crippen molar-refractivity contribution < 1.29 is 23.1 Å². The predicted octanol–water partition coefficient (Wildman–Crippen LogP) is -0.523. The Kier molecular flexibility index (Phi) is 6.18. The van der Waals surface area contributed by atoms with E-state index in [1.807, 2.05) is 0 Å². The van der Waals surface area contributed by atoms with E-state index in [1.54, 1.807) is 13.8 Å². The minimum atomic E-state index is -3.58. The summed E-state index contributed by atoms with van der Waals surface area (Å²) in [5, 5.41) is 8.86. The normalized spacial score (nSPS) is 20.2. The molecule has 0 aromatic carbocycles. The molecule has 0 spiro atoms. The van der Waals surface area contributed by atoms with Gasteiger partial charge in [-0.2, -0.15) is 17.4 Å². The van der Waals surface area contributed by atoms with Crippen LogP contribution in [0.4, 0.5) is 0 Å². The molecule has 0 aliphatic carbocycles. The van der Waals surface area contributed by atoms with E-state index in [4.69, 9.17) is 9.84 Å². The molecule has 112 valence electrons. The third-order valence-electron chi connectivity index (χ3n) is 3.04. The fourth-order valence-corrected chi connectivity index (χ4v) is 3.38. The summed E-state index contributed by atoms with van der Waals surface area (Å²) in [6, 6.07) is -0.521. The molecular formula is C11H22N2O5S. The Balaban J connectivity index is 2.51. The predicted molar refractivity (Wildman–Crippen MR) is 69.5 cm³/mol. The van der Waals surface area contributed by atoms with Crippen LogP contribution in [0.3, 0.4) is 0 Å². The molecule has 8 heteroatoms. The van der Waals surface area contributed by atoms with Gasteiger partial charge in [0.25, 0.3) is 10.2 Å². The van der Waals surface area contributed by atoms with Crippen LogP contribution >= 0.6 is 0 Å². The number of nitrogens with zero attached hydrogens (tertiary/aromatic N) is 1. The van der Waals surface area contributed by atoms with Gasteiger partial charge in [0.05, 0.1) is 19.1 Å². The number of esters is 1. The van der Waals surface area contributed by atoms with Crippen LogP contribution < -0.4 is 4.72 Å². The van der Waals surface area contributed by atoms with E-state index in [0.717, 1.165) is 0 Å². The van der Waals surface area contributed by atoms with Gasteiger partial charge in [-0.05, 0) is 26.7 Å². The fraction of sp³-hybridized carbons (Fsp3) is 0.909. The van der Waals surface area contributed by atoms with Crippen LogP contribution in [0, 0.1) is 5.92 Å². The first-order valence-electron chi connectivity index (χ1n) is 6.45. The third kappa shape index (κ3) is 4.72. The molecule has 2 N–H and O–H groups in total. The Morgan fingerprint density at radius 3 is 2.53 bits per heavy atom. The van der Waals surface area contributed by atoms with Crippen molar-refractivity contribution in [1.82, 2.24) is 9.03 Å². The van der Waals surface area contributed by atoms with Gasteiger partial charge in [0.1, 0.15) is 0 Å². The maximum atomic E-state index is 11.9. The second-order valence-electron chi connectivity index (χ2n) is 4.63. The molecule has 1 atom stereocenters. The molecule has 19 heavy (non-hydrogen) atoms. The number of hydrogen-bond donors (Lipinski definition) is 2. The summed E-state index contributed by atoms with van der Waals surface area (Å²) in [7, 11) is -3.58. The average Bonchev–Trinajstić information content (AvgIpc) is 2.38. The number of rotatable bonds is 6. The Bertz CT molecular complexity index is 390. The monoisotopic (exact) mass is 294 g/mol. The SMILES string of the molecule is CCOC(=O)C1CCN(S(=O)(=O)N[C@H](C)CO)CC1. The smallest absolute Gasteiger partial charge is 0.309 e. The molecule has 1 saturated heterocycles. The molecular weight excluding hydrogens is 272 g/mol. The number of nitrogens with one attached hydrogen (secondary N) is 1. The maximum Gasteiger partial charge on any atom is 0.309 e. The Labute approximate surface area is 114 Å². The number of piperidine rings is 1. The lowest BCUT2D eigenvalue weighted by molar-refractivity contribution is -0.149. The second-order valence-corrected chi connectivity index (χ2v) is 6.33.